The van der Waals surface area contributed by atoms with Crippen molar-refractivity contribution >= 4 is 0 Å². The molecule has 22 heavy (non-hydrogen) atoms. The van der Waals surface area contributed by atoms with Crippen molar-refractivity contribution in [3.8, 4) is 0 Å². The zero-order valence-corrected chi connectivity index (χ0v) is 14.4. The van der Waals surface area contributed by atoms with Crippen LogP contribution in [0, 0.1) is 0 Å². The van der Waals surface area contributed by atoms with E-state index in [0.29, 0.717) is 13.1 Å². The summed E-state index contributed by atoms with van der Waals surface area (Å²) in [5.41, 5.74) is 21.8. The maximum Gasteiger partial charge on any atom is 0.0378 e. The van der Waals surface area contributed by atoms with Crippen LogP contribution in [0.4, 0.5) is 0 Å². The van der Waals surface area contributed by atoms with Gasteiger partial charge in [0, 0.05) is 76.5 Å². The molecule has 0 bridgehead atoms. The molecule has 0 amide bonds. The van der Waals surface area contributed by atoms with Gasteiger partial charge < -0.3 is 44.2 Å². The van der Waals surface area contributed by atoms with E-state index in [0.717, 1.165) is 52.4 Å². The van der Waals surface area contributed by atoms with Crippen LogP contribution in [0.2, 0.25) is 0 Å². The Bertz CT molecular complexity index is 211. The molecule has 1 heterocycles. The summed E-state index contributed by atoms with van der Waals surface area (Å²) in [5.74, 6) is 0. The fraction of sp³-hybridized carbons (Fsp3) is 1.00. The molecule has 0 unspecified atom stereocenters. The fourth-order valence-electron chi connectivity index (χ4n) is 1.97. The van der Waals surface area contributed by atoms with Crippen LogP contribution in [0.25, 0.3) is 0 Å². The van der Waals surface area contributed by atoms with Gasteiger partial charge in [0.25, 0.3) is 0 Å². The number of nitrogens with one attached hydrogen (secondary N) is 4. The normalized spacial score (nSPS) is 32.5. The molecule has 0 aromatic carbocycles. The molecule has 0 saturated carbocycles. The summed E-state index contributed by atoms with van der Waals surface area (Å²) < 4.78 is 0. The van der Waals surface area contributed by atoms with Gasteiger partial charge in [-0.05, 0) is 13.8 Å². The lowest BCUT2D eigenvalue weighted by molar-refractivity contribution is 0.369. The molecule has 1 saturated heterocycles. The van der Waals surface area contributed by atoms with E-state index in [1.165, 1.54) is 0 Å². The minimum absolute atomic E-state index is 0.202. The second kappa shape index (κ2) is 12.1. The minimum Gasteiger partial charge on any atom is -0.329 e. The zero-order valence-electron chi connectivity index (χ0n) is 14.4. The summed E-state index contributed by atoms with van der Waals surface area (Å²) >= 11 is 0. The summed E-state index contributed by atoms with van der Waals surface area (Å²) in [6, 6.07) is 0. The van der Waals surface area contributed by atoms with Gasteiger partial charge in [-0.2, -0.15) is 0 Å². The maximum absolute atomic E-state index is 6.18. The molecule has 0 aliphatic carbocycles. The highest BCUT2D eigenvalue weighted by Gasteiger charge is 2.19. The zero-order chi connectivity index (χ0) is 16.9. The highest BCUT2D eigenvalue weighted by molar-refractivity contribution is 4.86. The Balaban J connectivity index is 0.000000980. The molecular weight excluding hydrogens is 280 g/mol. The van der Waals surface area contributed by atoms with E-state index in [9.17, 15) is 0 Å². The van der Waals surface area contributed by atoms with Crippen LogP contribution in [-0.2, 0) is 0 Å². The van der Waals surface area contributed by atoms with Crippen LogP contribution in [0.3, 0.4) is 0 Å². The lowest BCUT2D eigenvalue weighted by Gasteiger charge is -2.28. The molecule has 1 fully saturated rings. The quantitative estimate of drug-likeness (QED) is 0.250. The summed E-state index contributed by atoms with van der Waals surface area (Å²) in [4.78, 5) is 0. The number of hydrogen-bond donors (Lipinski definition) is 8. The Labute approximate surface area is 135 Å². The van der Waals surface area contributed by atoms with Crippen molar-refractivity contribution in [2.75, 3.05) is 65.4 Å². The van der Waals surface area contributed by atoms with Crippen molar-refractivity contribution in [1.82, 2.24) is 21.3 Å². The second-order valence-electron chi connectivity index (χ2n) is 6.59. The van der Waals surface area contributed by atoms with Gasteiger partial charge >= 0.3 is 0 Å². The Morgan fingerprint density at radius 1 is 0.636 bits per heavy atom. The van der Waals surface area contributed by atoms with Crippen LogP contribution in [0.15, 0.2) is 0 Å². The first-order valence-electron chi connectivity index (χ1n) is 8.14. The van der Waals surface area contributed by atoms with Crippen LogP contribution in [0.5, 0.6) is 0 Å². The van der Waals surface area contributed by atoms with Gasteiger partial charge in [-0.15, -0.1) is 0 Å². The number of rotatable bonds is 1. The third kappa shape index (κ3) is 13.4. The highest BCUT2D eigenvalue weighted by atomic mass is 15.0. The van der Waals surface area contributed by atoms with Crippen molar-refractivity contribution in [2.45, 2.75) is 24.9 Å². The van der Waals surface area contributed by atoms with Crippen LogP contribution in [0.1, 0.15) is 13.8 Å². The van der Waals surface area contributed by atoms with E-state index in [2.05, 4.69) is 35.1 Å². The van der Waals surface area contributed by atoms with Gasteiger partial charge in [-0.1, -0.05) is 0 Å². The first-order chi connectivity index (χ1) is 10.3. The van der Waals surface area contributed by atoms with Crippen molar-refractivity contribution < 1.29 is 0 Å². The molecule has 134 valence electrons. The Morgan fingerprint density at radius 3 is 1.05 bits per heavy atom. The third-order valence-corrected chi connectivity index (χ3v) is 3.24. The van der Waals surface area contributed by atoms with Crippen molar-refractivity contribution in [3.63, 3.8) is 0 Å². The molecule has 1 rings (SSSR count). The minimum atomic E-state index is -0.202. The summed E-state index contributed by atoms with van der Waals surface area (Å²) in [6.45, 7) is 12.2. The van der Waals surface area contributed by atoms with Gasteiger partial charge in [0.1, 0.15) is 0 Å². The molecule has 0 atom stereocenters. The average molecular weight is 319 g/mol. The van der Waals surface area contributed by atoms with Crippen LogP contribution < -0.4 is 44.2 Å². The summed E-state index contributed by atoms with van der Waals surface area (Å²) in [7, 11) is 0. The molecular formula is C14H38N8. The fourth-order valence-corrected chi connectivity index (χ4v) is 1.97. The van der Waals surface area contributed by atoms with E-state index >= 15 is 0 Å². The van der Waals surface area contributed by atoms with E-state index in [-0.39, 0.29) is 11.1 Å². The van der Waals surface area contributed by atoms with E-state index in [4.69, 9.17) is 22.9 Å². The van der Waals surface area contributed by atoms with Gasteiger partial charge in [0.2, 0.25) is 0 Å². The van der Waals surface area contributed by atoms with Gasteiger partial charge in [-0.25, -0.2) is 0 Å². The van der Waals surface area contributed by atoms with E-state index < -0.39 is 0 Å². The lowest BCUT2D eigenvalue weighted by atomic mass is 10.0. The van der Waals surface area contributed by atoms with Crippen molar-refractivity contribution in [3.05, 3.63) is 0 Å². The Morgan fingerprint density at radius 2 is 0.864 bits per heavy atom. The smallest absolute Gasteiger partial charge is 0.0378 e. The molecule has 0 spiro atoms. The largest absolute Gasteiger partial charge is 0.329 e. The predicted molar refractivity (Wildman–Crippen MR) is 94.8 cm³/mol. The van der Waals surface area contributed by atoms with Crippen LogP contribution in [-0.4, -0.2) is 76.5 Å². The van der Waals surface area contributed by atoms with E-state index in [1.807, 2.05) is 0 Å². The first-order valence-corrected chi connectivity index (χ1v) is 8.14. The monoisotopic (exact) mass is 318 g/mol. The topological polar surface area (TPSA) is 152 Å². The van der Waals surface area contributed by atoms with Crippen LogP contribution >= 0.6 is 0 Å². The Hall–Kier alpha value is -0.320. The number of hydrogen-bond acceptors (Lipinski definition) is 8. The molecule has 8 nitrogen and oxygen atoms in total. The first kappa shape index (κ1) is 21.7. The molecule has 8 heteroatoms. The third-order valence-electron chi connectivity index (χ3n) is 3.24. The van der Waals surface area contributed by atoms with Gasteiger partial charge in [0.15, 0.2) is 0 Å². The predicted octanol–water partition coefficient (Wildman–Crippen LogP) is -3.30. The van der Waals surface area contributed by atoms with Gasteiger partial charge in [0.05, 0.1) is 0 Å². The summed E-state index contributed by atoms with van der Waals surface area (Å²) in [6.07, 6.45) is 0. The lowest BCUT2D eigenvalue weighted by Crippen LogP contribution is -2.57. The van der Waals surface area contributed by atoms with Crippen molar-refractivity contribution in [1.29, 1.82) is 0 Å². The summed E-state index contributed by atoms with van der Waals surface area (Å²) in [5, 5.41) is 13.5. The SMILES string of the molecule is CC1(N)CNCCNCC(C)(N)CNCCNC1.NCCN. The van der Waals surface area contributed by atoms with Gasteiger partial charge in [-0.3, -0.25) is 0 Å². The average Bonchev–Trinajstić information content (AvgIpc) is 2.46. The van der Waals surface area contributed by atoms with Crippen molar-refractivity contribution in [2.24, 2.45) is 22.9 Å². The second-order valence-corrected chi connectivity index (χ2v) is 6.59. The molecule has 12 N–H and O–H groups in total. The molecule has 1 aliphatic heterocycles. The highest BCUT2D eigenvalue weighted by Crippen LogP contribution is 1.96. The van der Waals surface area contributed by atoms with E-state index in [1.54, 1.807) is 0 Å². The molecule has 0 aromatic heterocycles. The molecule has 0 aromatic rings. The Kier molecular flexibility index (Phi) is 12.0. The standard InChI is InChI=1S/C12H30N6.C2H8N2/c1-11(13)7-15-3-5-17-9-12(2,14)10-18-6-4-16-8-11;3-1-2-4/h15-18H,3-10,13-14H2,1-2H3;1-4H2. The molecule has 1 aliphatic rings. The molecule has 0 radical (unpaired) electrons. The maximum atomic E-state index is 6.18. The number of nitrogens with two attached hydrogens (primary N) is 4.